The Kier molecular flexibility index (Phi) is 4.21. The lowest BCUT2D eigenvalue weighted by molar-refractivity contribution is 0.250. The molecule has 0 aliphatic rings. The Morgan fingerprint density at radius 2 is 1.96 bits per heavy atom. The van der Waals surface area contributed by atoms with Crippen LogP contribution in [0, 0.1) is 5.82 Å². The average molecular weight is 311 g/mol. The van der Waals surface area contributed by atoms with Crippen LogP contribution in [-0.4, -0.2) is 21.3 Å². The summed E-state index contributed by atoms with van der Waals surface area (Å²) in [5, 5.41) is 0. The highest BCUT2D eigenvalue weighted by atomic mass is 19.1. The number of aromatic nitrogens is 2. The van der Waals surface area contributed by atoms with Crippen molar-refractivity contribution in [1.29, 1.82) is 0 Å². The first-order valence-corrected chi connectivity index (χ1v) is 7.47. The molecule has 1 aromatic carbocycles. The van der Waals surface area contributed by atoms with Crippen LogP contribution in [-0.2, 0) is 6.54 Å². The minimum Gasteiger partial charge on any atom is -0.294 e. The van der Waals surface area contributed by atoms with E-state index in [1.165, 1.54) is 16.5 Å². The predicted octanol–water partition coefficient (Wildman–Crippen LogP) is 3.03. The number of hydrogen-bond donors (Lipinski definition) is 0. The van der Waals surface area contributed by atoms with Crippen molar-refractivity contribution in [3.05, 3.63) is 82.2 Å². The Hall–Kier alpha value is -2.53. The van der Waals surface area contributed by atoms with Crippen molar-refractivity contribution in [3.8, 4) is 0 Å². The van der Waals surface area contributed by atoms with Crippen molar-refractivity contribution in [2.24, 2.45) is 0 Å². The number of hydrogen-bond acceptors (Lipinski definition) is 3. The molecule has 118 valence electrons. The molecule has 1 unspecified atom stereocenters. The third-order valence-electron chi connectivity index (χ3n) is 4.05. The van der Waals surface area contributed by atoms with Crippen LogP contribution < -0.4 is 5.56 Å². The summed E-state index contributed by atoms with van der Waals surface area (Å²) in [5.41, 5.74) is 2.29. The SMILES string of the molecule is CC(c1ccc(F)cc1)N(C)Cc1cc(=O)n2ccccc2n1. The molecule has 3 aromatic rings. The monoisotopic (exact) mass is 311 g/mol. The van der Waals surface area contributed by atoms with Gasteiger partial charge in [0, 0.05) is 24.8 Å². The Balaban J connectivity index is 1.83. The van der Waals surface area contributed by atoms with Gasteiger partial charge in [-0.1, -0.05) is 18.2 Å². The van der Waals surface area contributed by atoms with E-state index in [4.69, 9.17) is 0 Å². The molecule has 0 radical (unpaired) electrons. The van der Waals surface area contributed by atoms with Gasteiger partial charge < -0.3 is 0 Å². The minimum absolute atomic E-state index is 0.0894. The molecule has 2 aromatic heterocycles. The molecule has 0 spiro atoms. The quantitative estimate of drug-likeness (QED) is 0.743. The number of rotatable bonds is 4. The molecule has 5 heteroatoms. The third-order valence-corrected chi connectivity index (χ3v) is 4.05. The summed E-state index contributed by atoms with van der Waals surface area (Å²) in [6.07, 6.45) is 1.71. The molecule has 0 amide bonds. The third kappa shape index (κ3) is 3.29. The van der Waals surface area contributed by atoms with Gasteiger partial charge in [-0.25, -0.2) is 9.37 Å². The fraction of sp³-hybridized carbons (Fsp3) is 0.222. The van der Waals surface area contributed by atoms with E-state index in [0.29, 0.717) is 12.2 Å². The Morgan fingerprint density at radius 3 is 2.70 bits per heavy atom. The molecule has 0 fully saturated rings. The standard InChI is InChI=1S/C18H18FN3O/c1-13(14-6-8-15(19)9-7-14)21(2)12-16-11-18(23)22-10-4-3-5-17(22)20-16/h3-11,13H,12H2,1-2H3. The second kappa shape index (κ2) is 6.30. The van der Waals surface area contributed by atoms with Crippen LogP contribution in [0.1, 0.15) is 24.2 Å². The highest BCUT2D eigenvalue weighted by Crippen LogP contribution is 2.20. The van der Waals surface area contributed by atoms with Gasteiger partial charge in [0.05, 0.1) is 5.69 Å². The second-order valence-corrected chi connectivity index (χ2v) is 5.66. The zero-order valence-electron chi connectivity index (χ0n) is 13.1. The largest absolute Gasteiger partial charge is 0.294 e. The minimum atomic E-state index is -0.243. The van der Waals surface area contributed by atoms with E-state index < -0.39 is 0 Å². The summed E-state index contributed by atoms with van der Waals surface area (Å²) >= 11 is 0. The van der Waals surface area contributed by atoms with Gasteiger partial charge >= 0.3 is 0 Å². The molecule has 4 nitrogen and oxygen atoms in total. The molecule has 0 bridgehead atoms. The summed E-state index contributed by atoms with van der Waals surface area (Å²) in [4.78, 5) is 18.7. The highest BCUT2D eigenvalue weighted by molar-refractivity contribution is 5.38. The number of pyridine rings is 1. The highest BCUT2D eigenvalue weighted by Gasteiger charge is 2.13. The van der Waals surface area contributed by atoms with Gasteiger partial charge in [0.15, 0.2) is 0 Å². The van der Waals surface area contributed by atoms with Crippen molar-refractivity contribution < 1.29 is 4.39 Å². The first-order chi connectivity index (χ1) is 11.0. The van der Waals surface area contributed by atoms with E-state index in [-0.39, 0.29) is 17.4 Å². The van der Waals surface area contributed by atoms with Crippen LogP contribution in [0.5, 0.6) is 0 Å². The van der Waals surface area contributed by atoms with Gasteiger partial charge in [-0.15, -0.1) is 0 Å². The van der Waals surface area contributed by atoms with Crippen molar-refractivity contribution in [3.63, 3.8) is 0 Å². The van der Waals surface area contributed by atoms with E-state index >= 15 is 0 Å². The molecule has 2 heterocycles. The molecule has 1 atom stereocenters. The van der Waals surface area contributed by atoms with Gasteiger partial charge in [0.2, 0.25) is 0 Å². The van der Waals surface area contributed by atoms with E-state index in [0.717, 1.165) is 11.3 Å². The maximum atomic E-state index is 13.0. The van der Waals surface area contributed by atoms with Crippen LogP contribution in [0.2, 0.25) is 0 Å². The van der Waals surface area contributed by atoms with Crippen LogP contribution >= 0.6 is 0 Å². The normalized spacial score (nSPS) is 12.7. The molecule has 3 rings (SSSR count). The smallest absolute Gasteiger partial charge is 0.258 e. The molecule has 0 N–H and O–H groups in total. The van der Waals surface area contributed by atoms with Gasteiger partial charge in [0.1, 0.15) is 11.5 Å². The van der Waals surface area contributed by atoms with Crippen LogP contribution in [0.15, 0.2) is 59.5 Å². The predicted molar refractivity (Wildman–Crippen MR) is 87.7 cm³/mol. The van der Waals surface area contributed by atoms with Crippen molar-refractivity contribution >= 4 is 5.65 Å². The maximum absolute atomic E-state index is 13.0. The summed E-state index contributed by atoms with van der Waals surface area (Å²) < 4.78 is 14.6. The molecular formula is C18H18FN3O. The molecule has 0 aliphatic carbocycles. The number of fused-ring (bicyclic) bond motifs is 1. The average Bonchev–Trinajstić information content (AvgIpc) is 2.55. The van der Waals surface area contributed by atoms with Crippen LogP contribution in [0.25, 0.3) is 5.65 Å². The maximum Gasteiger partial charge on any atom is 0.258 e. The summed E-state index contributed by atoms with van der Waals surface area (Å²) in [7, 11) is 1.96. The van der Waals surface area contributed by atoms with Gasteiger partial charge in [-0.05, 0) is 43.8 Å². The van der Waals surface area contributed by atoms with Gasteiger partial charge in [0.25, 0.3) is 5.56 Å². The zero-order valence-corrected chi connectivity index (χ0v) is 13.1. The zero-order chi connectivity index (χ0) is 16.4. The van der Waals surface area contributed by atoms with E-state index in [1.54, 1.807) is 30.5 Å². The lowest BCUT2D eigenvalue weighted by atomic mass is 10.1. The number of nitrogens with zero attached hydrogens (tertiary/aromatic N) is 3. The Bertz CT molecular complexity index is 873. The van der Waals surface area contributed by atoms with E-state index in [9.17, 15) is 9.18 Å². The van der Waals surface area contributed by atoms with E-state index in [1.807, 2.05) is 26.1 Å². The molecular weight excluding hydrogens is 293 g/mol. The van der Waals surface area contributed by atoms with Gasteiger partial charge in [-0.3, -0.25) is 14.1 Å². The Labute approximate surface area is 133 Å². The lowest BCUT2D eigenvalue weighted by Crippen LogP contribution is -2.24. The molecule has 23 heavy (non-hydrogen) atoms. The van der Waals surface area contributed by atoms with E-state index in [2.05, 4.69) is 9.88 Å². The number of benzene rings is 1. The van der Waals surface area contributed by atoms with Crippen molar-refractivity contribution in [2.75, 3.05) is 7.05 Å². The van der Waals surface area contributed by atoms with Crippen molar-refractivity contribution in [1.82, 2.24) is 14.3 Å². The fourth-order valence-corrected chi connectivity index (χ4v) is 2.57. The summed E-state index contributed by atoms with van der Waals surface area (Å²) in [5.74, 6) is -0.243. The van der Waals surface area contributed by atoms with Crippen LogP contribution in [0.4, 0.5) is 4.39 Å². The first-order valence-electron chi connectivity index (χ1n) is 7.47. The topological polar surface area (TPSA) is 37.6 Å². The molecule has 0 aliphatic heterocycles. The van der Waals surface area contributed by atoms with Gasteiger partial charge in [-0.2, -0.15) is 0 Å². The fourth-order valence-electron chi connectivity index (χ4n) is 2.57. The molecule has 0 saturated carbocycles. The van der Waals surface area contributed by atoms with Crippen molar-refractivity contribution in [2.45, 2.75) is 19.5 Å². The first kappa shape index (κ1) is 15.4. The summed E-state index contributed by atoms with van der Waals surface area (Å²) in [6, 6.07) is 13.6. The van der Waals surface area contributed by atoms with Crippen LogP contribution in [0.3, 0.4) is 0 Å². The summed E-state index contributed by atoms with van der Waals surface area (Å²) in [6.45, 7) is 2.58. The lowest BCUT2D eigenvalue weighted by Gasteiger charge is -2.24. The second-order valence-electron chi connectivity index (χ2n) is 5.66. The molecule has 0 saturated heterocycles. The Morgan fingerprint density at radius 1 is 1.22 bits per heavy atom. The number of halogens is 1.